The number of hydrogen-bond acceptors (Lipinski definition) is 5. The molecule has 0 amide bonds. The lowest BCUT2D eigenvalue weighted by Crippen LogP contribution is -2.31. The van der Waals surface area contributed by atoms with Crippen molar-refractivity contribution in [3.63, 3.8) is 0 Å². The van der Waals surface area contributed by atoms with Crippen molar-refractivity contribution in [2.75, 3.05) is 6.54 Å². The van der Waals surface area contributed by atoms with Crippen LogP contribution in [0.25, 0.3) is 0 Å². The number of aldehydes is 1. The van der Waals surface area contributed by atoms with Crippen molar-refractivity contribution in [1.29, 1.82) is 0 Å². The summed E-state index contributed by atoms with van der Waals surface area (Å²) in [5.74, 6) is 0. The largest absolute Gasteiger partial charge is 0.301 e. The average Bonchev–Trinajstić information content (AvgIpc) is 1.89. The van der Waals surface area contributed by atoms with Gasteiger partial charge >= 0.3 is 0 Å². The fourth-order valence-corrected chi connectivity index (χ4v) is 0.612. The van der Waals surface area contributed by atoms with E-state index in [1.165, 1.54) is 0 Å². The van der Waals surface area contributed by atoms with E-state index in [0.717, 1.165) is 0 Å². The number of rotatable bonds is 5. The van der Waals surface area contributed by atoms with Gasteiger partial charge < -0.3 is 4.79 Å². The summed E-state index contributed by atoms with van der Waals surface area (Å²) in [7, 11) is 0. The Bertz CT molecular complexity index is 159. The minimum atomic E-state index is -0.986. The summed E-state index contributed by atoms with van der Waals surface area (Å²) in [4.78, 5) is 30.1. The van der Waals surface area contributed by atoms with Crippen LogP contribution < -0.4 is 0 Å². The first kappa shape index (κ1) is 9.87. The number of nitrogens with zero attached hydrogens (tertiary/aromatic N) is 2. The summed E-state index contributed by atoms with van der Waals surface area (Å²) in [6.07, 6.45) is 0.429. The molecule has 0 saturated heterocycles. The number of carbonyl (C=O) groups excluding carboxylic acids is 1. The van der Waals surface area contributed by atoms with Crippen LogP contribution in [-0.2, 0) is 4.79 Å². The van der Waals surface area contributed by atoms with Gasteiger partial charge in [-0.2, -0.15) is 9.81 Å². The highest BCUT2D eigenvalue weighted by Crippen LogP contribution is 2.22. The number of hydrogen-bond donors (Lipinski definition) is 0. The fourth-order valence-electron chi connectivity index (χ4n) is 0.612. The Morgan fingerprint density at radius 2 is 2.00 bits per heavy atom. The van der Waals surface area contributed by atoms with Crippen molar-refractivity contribution in [3.8, 4) is 0 Å². The normalized spacial score (nSPS) is 13.6. The molecule has 5 nitrogen and oxygen atoms in total. The molecule has 0 aliphatic heterocycles. The van der Waals surface area contributed by atoms with Gasteiger partial charge in [-0.05, 0) is 0 Å². The maximum Gasteiger partial charge on any atom is 0.154 e. The van der Waals surface area contributed by atoms with Gasteiger partial charge in [0.05, 0.1) is 6.54 Å². The Morgan fingerprint density at radius 3 is 2.27 bits per heavy atom. The van der Waals surface area contributed by atoms with Gasteiger partial charge in [-0.15, -0.1) is 0 Å². The second-order valence-electron chi connectivity index (χ2n) is 2.96. The first-order chi connectivity index (χ1) is 5.08. The van der Waals surface area contributed by atoms with Crippen LogP contribution in [-0.4, -0.2) is 18.9 Å². The van der Waals surface area contributed by atoms with Crippen molar-refractivity contribution in [1.82, 2.24) is 0 Å². The first-order valence-corrected chi connectivity index (χ1v) is 3.15. The van der Waals surface area contributed by atoms with E-state index in [4.69, 9.17) is 0 Å². The molecule has 0 heterocycles. The van der Waals surface area contributed by atoms with E-state index < -0.39 is 11.5 Å². The van der Waals surface area contributed by atoms with Crippen LogP contribution >= 0.6 is 0 Å². The standard InChI is InChI=1S/C6H10N2O3/c1-6(2,4-7-10)5(3-9)8-11/h3,5H,4H2,1-2H3. The summed E-state index contributed by atoms with van der Waals surface area (Å²) < 4.78 is 0. The Labute approximate surface area is 64.1 Å². The second-order valence-corrected chi connectivity index (χ2v) is 2.96. The van der Waals surface area contributed by atoms with Crippen LogP contribution in [0.3, 0.4) is 0 Å². The van der Waals surface area contributed by atoms with E-state index in [2.05, 4.69) is 10.4 Å². The molecule has 1 unspecified atom stereocenters. The third-order valence-electron chi connectivity index (χ3n) is 1.52. The average molecular weight is 158 g/mol. The molecular formula is C6H10N2O3. The molecule has 0 aliphatic rings. The Morgan fingerprint density at radius 1 is 1.45 bits per heavy atom. The van der Waals surface area contributed by atoms with Crippen molar-refractivity contribution in [3.05, 3.63) is 9.81 Å². The van der Waals surface area contributed by atoms with E-state index in [1.807, 2.05) is 0 Å². The molecule has 0 aromatic rings. The van der Waals surface area contributed by atoms with E-state index in [0.29, 0.717) is 6.29 Å². The highest BCUT2D eigenvalue weighted by Gasteiger charge is 2.30. The molecule has 1 atom stereocenters. The van der Waals surface area contributed by atoms with Gasteiger partial charge in [0.1, 0.15) is 6.29 Å². The molecule has 0 fully saturated rings. The van der Waals surface area contributed by atoms with E-state index in [1.54, 1.807) is 13.8 Å². The molecular weight excluding hydrogens is 148 g/mol. The van der Waals surface area contributed by atoms with E-state index >= 15 is 0 Å². The van der Waals surface area contributed by atoms with Crippen LogP contribution in [0.2, 0.25) is 0 Å². The third-order valence-corrected chi connectivity index (χ3v) is 1.52. The zero-order chi connectivity index (χ0) is 8.91. The lowest BCUT2D eigenvalue weighted by molar-refractivity contribution is -0.110. The fraction of sp³-hybridized carbons (Fsp3) is 0.833. The maximum atomic E-state index is 10.2. The van der Waals surface area contributed by atoms with Crippen LogP contribution in [0, 0.1) is 15.2 Å². The number of nitroso groups, excluding NO2 is 2. The lowest BCUT2D eigenvalue weighted by Gasteiger charge is -2.21. The van der Waals surface area contributed by atoms with Crippen molar-refractivity contribution in [2.24, 2.45) is 15.8 Å². The van der Waals surface area contributed by atoms with Gasteiger partial charge in [0, 0.05) is 5.41 Å². The summed E-state index contributed by atoms with van der Waals surface area (Å²) in [5.41, 5.74) is -0.759. The van der Waals surface area contributed by atoms with Crippen molar-refractivity contribution in [2.45, 2.75) is 19.9 Å². The SMILES string of the molecule is CC(C)(CN=O)C(C=O)N=O. The predicted octanol–water partition coefficient (Wildman–Crippen LogP) is 1.11. The molecule has 0 radical (unpaired) electrons. The van der Waals surface area contributed by atoms with E-state index in [9.17, 15) is 14.6 Å². The van der Waals surface area contributed by atoms with Gasteiger partial charge in [0.25, 0.3) is 0 Å². The van der Waals surface area contributed by atoms with Gasteiger partial charge in [-0.25, -0.2) is 0 Å². The smallest absolute Gasteiger partial charge is 0.154 e. The van der Waals surface area contributed by atoms with Gasteiger partial charge in [-0.3, -0.25) is 0 Å². The molecule has 0 rings (SSSR count). The molecule has 0 aromatic heterocycles. The second kappa shape index (κ2) is 3.90. The molecule has 0 N–H and O–H groups in total. The quantitative estimate of drug-likeness (QED) is 0.444. The summed E-state index contributed by atoms with van der Waals surface area (Å²) >= 11 is 0. The topological polar surface area (TPSA) is 75.9 Å². The van der Waals surface area contributed by atoms with E-state index in [-0.39, 0.29) is 6.54 Å². The summed E-state index contributed by atoms with van der Waals surface area (Å²) in [5, 5.41) is 5.20. The van der Waals surface area contributed by atoms with Crippen LogP contribution in [0.4, 0.5) is 0 Å². The summed E-state index contributed by atoms with van der Waals surface area (Å²) in [6, 6.07) is -0.986. The zero-order valence-electron chi connectivity index (χ0n) is 6.48. The Balaban J connectivity index is 4.34. The van der Waals surface area contributed by atoms with Gasteiger partial charge in [0.2, 0.25) is 0 Å². The van der Waals surface area contributed by atoms with Crippen LogP contribution in [0.5, 0.6) is 0 Å². The highest BCUT2D eigenvalue weighted by atomic mass is 16.3. The molecule has 11 heavy (non-hydrogen) atoms. The molecule has 0 aliphatic carbocycles. The highest BCUT2D eigenvalue weighted by molar-refractivity contribution is 5.59. The molecule has 0 bridgehead atoms. The molecule has 0 spiro atoms. The zero-order valence-corrected chi connectivity index (χ0v) is 6.48. The van der Waals surface area contributed by atoms with Crippen LogP contribution in [0.1, 0.15) is 13.8 Å². The van der Waals surface area contributed by atoms with Crippen molar-refractivity contribution < 1.29 is 4.79 Å². The summed E-state index contributed by atoms with van der Waals surface area (Å²) in [6.45, 7) is 3.10. The first-order valence-electron chi connectivity index (χ1n) is 3.15. The molecule has 5 heteroatoms. The monoisotopic (exact) mass is 158 g/mol. The third kappa shape index (κ3) is 2.53. The van der Waals surface area contributed by atoms with Gasteiger partial charge in [-0.1, -0.05) is 24.2 Å². The Hall–Kier alpha value is -1.13. The maximum absolute atomic E-state index is 10.2. The van der Waals surface area contributed by atoms with Crippen molar-refractivity contribution >= 4 is 6.29 Å². The molecule has 62 valence electrons. The molecule has 0 saturated carbocycles. The van der Waals surface area contributed by atoms with Gasteiger partial charge in [0.15, 0.2) is 6.04 Å². The minimum Gasteiger partial charge on any atom is -0.301 e. The lowest BCUT2D eigenvalue weighted by atomic mass is 9.86. The Kier molecular flexibility index (Phi) is 3.50. The number of carbonyl (C=O) groups is 1. The molecule has 0 aromatic carbocycles. The minimum absolute atomic E-state index is 0.0812. The van der Waals surface area contributed by atoms with Crippen LogP contribution in [0.15, 0.2) is 10.4 Å². The predicted molar refractivity (Wildman–Crippen MR) is 40.1 cm³/mol.